The second kappa shape index (κ2) is 10.8. The van der Waals surface area contributed by atoms with Crippen molar-refractivity contribution in [2.75, 3.05) is 13.7 Å². The van der Waals surface area contributed by atoms with Gasteiger partial charge in [0.25, 0.3) is 0 Å². The first-order valence-electron chi connectivity index (χ1n) is 13.1. The molecule has 2 saturated heterocycles. The molecule has 0 aromatic heterocycles. The van der Waals surface area contributed by atoms with Crippen molar-refractivity contribution in [3.63, 3.8) is 0 Å². The summed E-state index contributed by atoms with van der Waals surface area (Å²) in [7, 11) is 1.63. The summed E-state index contributed by atoms with van der Waals surface area (Å²) in [4.78, 5) is 27.2. The van der Waals surface area contributed by atoms with Crippen molar-refractivity contribution in [3.8, 4) is 5.75 Å². The summed E-state index contributed by atoms with van der Waals surface area (Å²) in [6.45, 7) is 7.89. The van der Waals surface area contributed by atoms with Crippen LogP contribution in [0.15, 0.2) is 36.4 Å². The maximum atomic E-state index is 13.2. The van der Waals surface area contributed by atoms with Gasteiger partial charge in [0, 0.05) is 19.1 Å². The Balaban J connectivity index is 1.60. The van der Waals surface area contributed by atoms with Crippen LogP contribution in [-0.4, -0.2) is 54.8 Å². The van der Waals surface area contributed by atoms with E-state index in [9.17, 15) is 22.8 Å². The lowest BCUT2D eigenvalue weighted by atomic mass is 9.85. The highest BCUT2D eigenvalue weighted by Crippen LogP contribution is 2.40. The summed E-state index contributed by atoms with van der Waals surface area (Å²) in [6.07, 6.45) is -5.50. The fourth-order valence-corrected chi connectivity index (χ4v) is 5.80. The number of nitrogens with one attached hydrogen (secondary N) is 1. The third-order valence-electron chi connectivity index (χ3n) is 7.63. The van der Waals surface area contributed by atoms with Gasteiger partial charge in [0.1, 0.15) is 18.3 Å². The number of carbonyl (C=O) groups is 2. The van der Waals surface area contributed by atoms with E-state index < -0.39 is 42.0 Å². The zero-order chi connectivity index (χ0) is 27.8. The molecule has 9 heteroatoms. The molecule has 1 N–H and O–H groups in total. The second-order valence-electron chi connectivity index (χ2n) is 11.8. The molecule has 1 saturated carbocycles. The number of esters is 1. The Bertz CT molecular complexity index is 1180. The smallest absolute Gasteiger partial charge is 0.397 e. The molecule has 2 bridgehead atoms. The van der Waals surface area contributed by atoms with Gasteiger partial charge >= 0.3 is 12.1 Å². The van der Waals surface area contributed by atoms with E-state index in [0.717, 1.165) is 28.5 Å². The Hall–Kier alpha value is -2.81. The predicted octanol–water partition coefficient (Wildman–Crippen LogP) is 5.47. The van der Waals surface area contributed by atoms with Crippen molar-refractivity contribution >= 4 is 22.6 Å². The van der Waals surface area contributed by atoms with E-state index in [2.05, 4.69) is 11.4 Å². The van der Waals surface area contributed by atoms with Gasteiger partial charge in [0.15, 0.2) is 0 Å². The van der Waals surface area contributed by atoms with Crippen molar-refractivity contribution in [3.05, 3.63) is 42.0 Å². The van der Waals surface area contributed by atoms with Gasteiger partial charge in [-0.25, -0.2) is 0 Å². The van der Waals surface area contributed by atoms with Crippen molar-refractivity contribution in [2.45, 2.75) is 77.9 Å². The van der Waals surface area contributed by atoms with E-state index in [-0.39, 0.29) is 24.4 Å². The normalized spacial score (nSPS) is 25.8. The van der Waals surface area contributed by atoms with Crippen LogP contribution in [0.3, 0.4) is 0 Å². The number of carbonyl (C=O) groups excluding carboxylic acids is 2. The van der Waals surface area contributed by atoms with Gasteiger partial charge in [0.05, 0.1) is 18.6 Å². The van der Waals surface area contributed by atoms with Crippen LogP contribution in [0, 0.1) is 17.3 Å². The number of hydrogen-bond acceptors (Lipinski definition) is 5. The average molecular weight is 535 g/mol. The van der Waals surface area contributed by atoms with Crippen LogP contribution < -0.4 is 10.1 Å². The SMILES string of the molecule is COc1ccc2cc(CN[C@H]3CC4C[C@@H](C)C([C@H]3OC(=O)C(C)(C)C)N(C(=O)CC(F)(F)F)C4)ccc2c1. The van der Waals surface area contributed by atoms with E-state index in [0.29, 0.717) is 13.0 Å². The zero-order valence-corrected chi connectivity index (χ0v) is 22.6. The number of hydrogen-bond donors (Lipinski definition) is 1. The number of benzene rings is 2. The molecule has 3 aliphatic rings. The summed E-state index contributed by atoms with van der Waals surface area (Å²) in [5.41, 5.74) is 0.233. The first-order chi connectivity index (χ1) is 17.7. The number of nitrogens with zero attached hydrogens (tertiary/aromatic N) is 1. The molecular weight excluding hydrogens is 497 g/mol. The lowest BCUT2D eigenvalue weighted by molar-refractivity contribution is -0.176. The topological polar surface area (TPSA) is 67.9 Å². The van der Waals surface area contributed by atoms with Gasteiger partial charge in [0.2, 0.25) is 5.91 Å². The number of ether oxygens (including phenoxy) is 2. The van der Waals surface area contributed by atoms with Crippen LogP contribution in [0.25, 0.3) is 10.8 Å². The lowest BCUT2D eigenvalue weighted by Crippen LogP contribution is -2.58. The highest BCUT2D eigenvalue weighted by Gasteiger charge is 2.51. The summed E-state index contributed by atoms with van der Waals surface area (Å²) < 4.78 is 50.8. The first kappa shape index (κ1) is 28.2. The van der Waals surface area contributed by atoms with Gasteiger partial charge in [-0.3, -0.25) is 9.59 Å². The highest BCUT2D eigenvalue weighted by atomic mass is 19.4. The molecule has 0 spiro atoms. The largest absolute Gasteiger partial charge is 0.497 e. The van der Waals surface area contributed by atoms with Crippen molar-refractivity contribution in [2.24, 2.45) is 17.3 Å². The maximum absolute atomic E-state index is 13.2. The molecule has 1 aliphatic carbocycles. The number of methoxy groups -OCH3 is 1. The quantitative estimate of drug-likeness (QED) is 0.498. The van der Waals surface area contributed by atoms with Crippen LogP contribution in [0.1, 0.15) is 52.5 Å². The molecule has 2 aromatic carbocycles. The Morgan fingerprint density at radius 2 is 1.74 bits per heavy atom. The molecule has 6 nitrogen and oxygen atoms in total. The Kier molecular flexibility index (Phi) is 7.98. The van der Waals surface area contributed by atoms with Crippen molar-refractivity contribution < 1.29 is 32.2 Å². The van der Waals surface area contributed by atoms with Gasteiger partial charge in [-0.2, -0.15) is 13.2 Å². The number of alkyl halides is 3. The maximum Gasteiger partial charge on any atom is 0.397 e. The molecule has 5 atom stereocenters. The van der Waals surface area contributed by atoms with Gasteiger partial charge in [-0.05, 0) is 80.0 Å². The second-order valence-corrected chi connectivity index (χ2v) is 11.8. The molecule has 2 unspecified atom stereocenters. The zero-order valence-electron chi connectivity index (χ0n) is 22.6. The van der Waals surface area contributed by atoms with Crippen LogP contribution in [0.5, 0.6) is 5.75 Å². The summed E-state index contributed by atoms with van der Waals surface area (Å²) in [5, 5.41) is 5.64. The number of fused-ring (bicyclic) bond motifs is 5. The van der Waals surface area contributed by atoms with Crippen molar-refractivity contribution in [1.29, 1.82) is 0 Å². The fraction of sp³-hybridized carbons (Fsp3) is 0.586. The minimum atomic E-state index is -4.60. The molecule has 3 fully saturated rings. The van der Waals surface area contributed by atoms with E-state index in [1.165, 1.54) is 4.90 Å². The van der Waals surface area contributed by atoms with Crippen LogP contribution >= 0.6 is 0 Å². The van der Waals surface area contributed by atoms with Crippen LogP contribution in [-0.2, 0) is 20.9 Å². The standard InChI is InChI=1S/C29H37F3N2O4/c1-17-10-19-12-23(33-15-18-6-7-21-13-22(37-5)9-8-20(21)11-18)26(38-27(36)28(2,3)4)25(17)34(16-19)24(35)14-29(30,31)32/h6-9,11,13,17,19,23,25-26,33H,10,12,14-16H2,1-5H3/t17-,19?,23+,25?,26+/m1/s1. The Labute approximate surface area is 221 Å². The van der Waals surface area contributed by atoms with Gasteiger partial charge < -0.3 is 19.7 Å². The molecule has 2 heterocycles. The first-order valence-corrected chi connectivity index (χ1v) is 13.1. The molecule has 208 valence electrons. The lowest BCUT2D eigenvalue weighted by Gasteiger charge is -2.44. The molecule has 1 amide bonds. The highest BCUT2D eigenvalue weighted by molar-refractivity contribution is 5.84. The van der Waals surface area contributed by atoms with Crippen LogP contribution in [0.4, 0.5) is 13.2 Å². The third kappa shape index (κ3) is 6.42. The fourth-order valence-electron chi connectivity index (χ4n) is 5.80. The number of piperidine rings is 1. The number of amides is 1. The van der Waals surface area contributed by atoms with Crippen LogP contribution in [0.2, 0.25) is 0 Å². The molecule has 0 radical (unpaired) electrons. The molecule has 2 aromatic rings. The average Bonchev–Trinajstić information content (AvgIpc) is 3.05. The van der Waals surface area contributed by atoms with Crippen molar-refractivity contribution in [1.82, 2.24) is 10.2 Å². The van der Waals surface area contributed by atoms with E-state index in [1.807, 2.05) is 37.3 Å². The minimum Gasteiger partial charge on any atom is -0.497 e. The summed E-state index contributed by atoms with van der Waals surface area (Å²) in [5.74, 6) is -0.708. The minimum absolute atomic E-state index is 0.0124. The molecular formula is C29H37F3N2O4. The molecule has 38 heavy (non-hydrogen) atoms. The van der Waals surface area contributed by atoms with Gasteiger partial charge in [-0.15, -0.1) is 0 Å². The summed E-state index contributed by atoms with van der Waals surface area (Å²) >= 11 is 0. The van der Waals surface area contributed by atoms with E-state index >= 15 is 0 Å². The number of rotatable bonds is 6. The molecule has 5 rings (SSSR count). The van der Waals surface area contributed by atoms with E-state index in [4.69, 9.17) is 9.47 Å². The van der Waals surface area contributed by atoms with Gasteiger partial charge in [-0.1, -0.05) is 25.1 Å². The summed E-state index contributed by atoms with van der Waals surface area (Å²) in [6, 6.07) is 11.0. The third-order valence-corrected chi connectivity index (χ3v) is 7.63. The molecule has 2 aliphatic heterocycles. The monoisotopic (exact) mass is 534 g/mol. The predicted molar refractivity (Wildman–Crippen MR) is 139 cm³/mol. The van der Waals surface area contributed by atoms with E-state index in [1.54, 1.807) is 27.9 Å². The number of halogens is 3. The Morgan fingerprint density at radius 3 is 2.39 bits per heavy atom. The Morgan fingerprint density at radius 1 is 1.05 bits per heavy atom.